The third kappa shape index (κ3) is 8.21. The highest BCUT2D eigenvalue weighted by molar-refractivity contribution is 7.67. The molecular weight excluding hydrogens is 300 g/mol. The first-order valence-corrected chi connectivity index (χ1v) is 7.88. The van der Waals surface area contributed by atoms with Crippen LogP contribution in [0.5, 0.6) is 0 Å². The Labute approximate surface area is 83.7 Å². The predicted octanol–water partition coefficient (Wildman–Crippen LogP) is 0.536. The zero-order chi connectivity index (χ0) is 12.3. The molecule has 4 N–H and O–H groups in total. The lowest BCUT2D eigenvalue weighted by Crippen LogP contribution is -1.91. The van der Waals surface area contributed by atoms with Crippen LogP contribution in [0.3, 0.4) is 0 Å². The zero-order valence-corrected chi connectivity index (χ0v) is 10.0. The van der Waals surface area contributed by atoms with Gasteiger partial charge in [-0.2, -0.15) is 4.31 Å². The highest BCUT2D eigenvalue weighted by Crippen LogP contribution is 2.67. The molecule has 88 valence electrons. The van der Waals surface area contributed by atoms with Crippen LogP contribution in [0.15, 0.2) is 0 Å². The molecule has 0 aromatic heterocycles. The smallest absolute Gasteiger partial charge is 0.302 e. The average molecular weight is 304 g/mol. The van der Waals surface area contributed by atoms with Crippen molar-refractivity contribution in [3.05, 3.63) is 0 Å². The van der Waals surface area contributed by atoms with E-state index in [0.29, 0.717) is 0 Å². The van der Waals surface area contributed by atoms with E-state index >= 15 is 0 Å². The summed E-state index contributed by atoms with van der Waals surface area (Å²) in [6, 6.07) is 0. The van der Waals surface area contributed by atoms with Crippen LogP contribution in [0, 0.1) is 0 Å². The molecule has 0 bridgehead atoms. The Hall–Kier alpha value is 0.380. The van der Waals surface area contributed by atoms with E-state index in [1.165, 1.54) is 0 Å². The van der Waals surface area contributed by atoms with Crippen LogP contribution in [-0.4, -0.2) is 19.6 Å². The van der Waals surface area contributed by atoms with Crippen molar-refractivity contribution in [1.82, 2.24) is 0 Å². The monoisotopic (exact) mass is 304 g/mol. The van der Waals surface area contributed by atoms with Gasteiger partial charge in [0.25, 0.3) is 0 Å². The third-order valence-corrected chi connectivity index (χ3v) is 4.91. The fourth-order valence-electron chi connectivity index (χ4n) is 0.346. The van der Waals surface area contributed by atoms with Crippen LogP contribution in [0.1, 0.15) is 0 Å². The summed E-state index contributed by atoms with van der Waals surface area (Å²) < 4.78 is 51.6. The van der Waals surface area contributed by atoms with Gasteiger partial charge in [0.15, 0.2) is 0 Å². The molecule has 0 aromatic rings. The van der Waals surface area contributed by atoms with Gasteiger partial charge in [-0.15, -0.1) is 9.79 Å². The first-order valence-electron chi connectivity index (χ1n) is 2.63. The molecule has 0 radical (unpaired) electrons. The third-order valence-electron chi connectivity index (χ3n) is 0.546. The van der Waals surface area contributed by atoms with Gasteiger partial charge in [-0.05, 0) is 0 Å². The summed E-state index contributed by atoms with van der Waals surface area (Å²) in [6.07, 6.45) is 0. The second-order valence-electron chi connectivity index (χ2n) is 1.66. The van der Waals surface area contributed by atoms with Crippen LogP contribution < -0.4 is 0 Å². The minimum atomic E-state index is -5.39. The Balaban J connectivity index is 4.86. The molecule has 0 saturated heterocycles. The molecule has 0 aliphatic carbocycles. The molecule has 11 nitrogen and oxygen atoms in total. The van der Waals surface area contributed by atoms with Gasteiger partial charge in [-0.3, -0.25) is 0 Å². The van der Waals surface area contributed by atoms with E-state index in [9.17, 15) is 18.3 Å². The molecule has 15 heteroatoms. The molecule has 0 amide bonds. The molecule has 0 aliphatic rings. The highest BCUT2D eigenvalue weighted by Gasteiger charge is 2.51. The fourth-order valence-corrected chi connectivity index (χ4v) is 3.92. The Kier molecular flexibility index (Phi) is 5.77. The van der Waals surface area contributed by atoms with Crippen molar-refractivity contribution in [2.75, 3.05) is 0 Å². The molecule has 15 heavy (non-hydrogen) atoms. The summed E-state index contributed by atoms with van der Waals surface area (Å²) in [5, 5.41) is 0. The molecule has 0 aromatic carbocycles. The summed E-state index contributed by atoms with van der Waals surface area (Å²) in [6.45, 7) is 0. The lowest BCUT2D eigenvalue weighted by atomic mass is 15.7. The summed E-state index contributed by atoms with van der Waals surface area (Å²) in [5.74, 6) is 0. The molecule has 2 atom stereocenters. The number of phosphoric acid groups is 2. The van der Waals surface area contributed by atoms with E-state index in [-0.39, 0.29) is 0 Å². The Bertz CT molecular complexity index is 326. The number of hydrogen-bond acceptors (Lipinski definition) is 7. The van der Waals surface area contributed by atoms with Crippen molar-refractivity contribution in [3.63, 3.8) is 0 Å². The van der Waals surface area contributed by atoms with Gasteiger partial charge in [0.1, 0.15) is 0 Å². The summed E-state index contributed by atoms with van der Waals surface area (Å²) >= 11 is 0. The highest BCUT2D eigenvalue weighted by atomic mass is 31.3. The first kappa shape index (κ1) is 15.4. The maximum Gasteiger partial charge on any atom is 0.705 e. The van der Waals surface area contributed by atoms with Gasteiger partial charge in [0, 0.05) is 17.8 Å². The second kappa shape index (κ2) is 5.63. The Morgan fingerprint density at radius 2 is 1.27 bits per heavy atom. The predicted molar refractivity (Wildman–Crippen MR) is 42.6 cm³/mol. The van der Waals surface area contributed by atoms with E-state index in [0.717, 1.165) is 0 Å². The van der Waals surface area contributed by atoms with Crippen LogP contribution in [0.25, 0.3) is 0 Å². The summed E-state index contributed by atoms with van der Waals surface area (Å²) in [5.41, 5.74) is 0. The lowest BCUT2D eigenvalue weighted by molar-refractivity contribution is 0.228. The first-order chi connectivity index (χ1) is 6.54. The maximum atomic E-state index is 11.0. The van der Waals surface area contributed by atoms with Gasteiger partial charge < -0.3 is 9.79 Å². The molecule has 0 rings (SSSR count). The standard InChI is InChI=1S/H2O11P4/c1-12(2)9-15(8,10-13(3)4)11-14(5,6)7/h(H2-2,1,2,3,4,5,6,7)/p+2. The second-order valence-corrected chi connectivity index (χ2v) is 6.44. The SMILES string of the molecule is O=[P+](O)OP(=O)(O[P+](=O)O)OP(=O)(O)O. The van der Waals surface area contributed by atoms with Crippen molar-refractivity contribution < 1.29 is 50.8 Å². The summed E-state index contributed by atoms with van der Waals surface area (Å²) in [4.78, 5) is 32.6. The zero-order valence-electron chi connectivity index (χ0n) is 6.44. The molecular formula is H4O11P4+2. The van der Waals surface area contributed by atoms with Crippen molar-refractivity contribution in [3.8, 4) is 0 Å². The number of hydrogen-bond donors (Lipinski definition) is 4. The van der Waals surface area contributed by atoms with Crippen molar-refractivity contribution in [1.29, 1.82) is 0 Å². The largest absolute Gasteiger partial charge is 0.705 e. The van der Waals surface area contributed by atoms with E-state index in [1.807, 2.05) is 0 Å². The van der Waals surface area contributed by atoms with Gasteiger partial charge in [0.05, 0.1) is 0 Å². The quantitative estimate of drug-likeness (QED) is 0.503. The molecule has 0 fully saturated rings. The van der Waals surface area contributed by atoms with E-state index < -0.39 is 32.2 Å². The van der Waals surface area contributed by atoms with Crippen LogP contribution in [0.2, 0.25) is 0 Å². The summed E-state index contributed by atoms with van der Waals surface area (Å²) in [7, 11) is -17.9. The van der Waals surface area contributed by atoms with Crippen molar-refractivity contribution >= 4 is 32.2 Å². The van der Waals surface area contributed by atoms with Gasteiger partial charge in [-0.25, -0.2) is 9.13 Å². The topological polar surface area (TPSA) is 177 Å². The van der Waals surface area contributed by atoms with E-state index in [2.05, 4.69) is 12.9 Å². The lowest BCUT2D eigenvalue weighted by Gasteiger charge is -2.04. The van der Waals surface area contributed by atoms with Gasteiger partial charge in [0.2, 0.25) is 0 Å². The molecule has 0 spiro atoms. The van der Waals surface area contributed by atoms with Crippen molar-refractivity contribution in [2.45, 2.75) is 0 Å². The van der Waals surface area contributed by atoms with Crippen molar-refractivity contribution in [2.24, 2.45) is 0 Å². The Morgan fingerprint density at radius 3 is 1.47 bits per heavy atom. The molecule has 0 heterocycles. The molecule has 0 saturated carbocycles. The van der Waals surface area contributed by atoms with E-state index in [4.69, 9.17) is 19.6 Å². The maximum absolute atomic E-state index is 11.0. The normalized spacial score (nSPS) is 18.1. The van der Waals surface area contributed by atoms with E-state index in [1.54, 1.807) is 0 Å². The van der Waals surface area contributed by atoms with Gasteiger partial charge in [-0.1, -0.05) is 0 Å². The Morgan fingerprint density at radius 1 is 0.933 bits per heavy atom. The van der Waals surface area contributed by atoms with Crippen LogP contribution in [-0.2, 0) is 31.2 Å². The van der Waals surface area contributed by atoms with Gasteiger partial charge >= 0.3 is 32.2 Å². The molecule has 0 aliphatic heterocycles. The van der Waals surface area contributed by atoms with Crippen LogP contribution >= 0.6 is 32.2 Å². The minimum absolute atomic E-state index is 3.34. The fraction of sp³-hybridized carbons (Fsp3) is 0. The average Bonchev–Trinajstić information content (AvgIpc) is 1.73. The number of rotatable bonds is 6. The molecule has 2 unspecified atom stereocenters. The van der Waals surface area contributed by atoms with Crippen LogP contribution in [0.4, 0.5) is 0 Å². The minimum Gasteiger partial charge on any atom is -0.302 e.